The second kappa shape index (κ2) is 8.82. The largest absolute Gasteiger partial charge is 0.478 e. The fourth-order valence-corrected chi connectivity index (χ4v) is 3.88. The lowest BCUT2D eigenvalue weighted by Gasteiger charge is -2.17. The molecule has 0 radical (unpaired) electrons. The van der Waals surface area contributed by atoms with Gasteiger partial charge in [-0.25, -0.2) is 4.79 Å². The van der Waals surface area contributed by atoms with Crippen molar-refractivity contribution < 1.29 is 19.5 Å². The van der Waals surface area contributed by atoms with Crippen LogP contribution in [0.2, 0.25) is 10.0 Å². The second-order valence-corrected chi connectivity index (χ2v) is 7.72. The van der Waals surface area contributed by atoms with Gasteiger partial charge in [0.25, 0.3) is 5.91 Å². The molecule has 0 saturated carbocycles. The summed E-state index contributed by atoms with van der Waals surface area (Å²) in [6.07, 6.45) is 4.39. The minimum absolute atomic E-state index is 0.0692. The van der Waals surface area contributed by atoms with Gasteiger partial charge in [-0.15, -0.1) is 0 Å². The Morgan fingerprint density at radius 1 is 0.938 bits per heavy atom. The third-order valence-electron chi connectivity index (χ3n) is 4.96. The summed E-state index contributed by atoms with van der Waals surface area (Å²) in [5.74, 6) is -3.77. The van der Waals surface area contributed by atoms with Crippen LogP contribution in [0.1, 0.15) is 27.5 Å². The van der Waals surface area contributed by atoms with Gasteiger partial charge >= 0.3 is 5.97 Å². The number of nitrogens with zero attached hydrogens (tertiary/aromatic N) is 2. The lowest BCUT2D eigenvalue weighted by atomic mass is 9.90. The Balaban J connectivity index is 1.77. The third-order valence-corrected chi connectivity index (χ3v) is 5.53. The van der Waals surface area contributed by atoms with Gasteiger partial charge in [-0.05, 0) is 42.0 Å². The van der Waals surface area contributed by atoms with Crippen molar-refractivity contribution in [2.45, 2.75) is 5.92 Å². The molecule has 3 aromatic heterocycles. The van der Waals surface area contributed by atoms with E-state index in [9.17, 15) is 19.5 Å². The monoisotopic (exact) mass is 467 g/mol. The van der Waals surface area contributed by atoms with E-state index in [1.165, 1.54) is 36.7 Å². The van der Waals surface area contributed by atoms with Crippen molar-refractivity contribution >= 4 is 52.1 Å². The molecule has 0 bridgehead atoms. The van der Waals surface area contributed by atoms with Crippen LogP contribution >= 0.6 is 23.2 Å². The second-order valence-electron chi connectivity index (χ2n) is 6.91. The first-order valence-corrected chi connectivity index (χ1v) is 10.2. The fraction of sp³-hybridized carbons (Fsp3) is 0.0435. The zero-order chi connectivity index (χ0) is 22.8. The lowest BCUT2D eigenvalue weighted by molar-refractivity contribution is -0.135. The Hall–Kier alpha value is -3.68. The number of aromatic carboxylic acids is 1. The number of nitrogens with one attached hydrogen (secondary N) is 1. The van der Waals surface area contributed by atoms with Crippen LogP contribution in [0.3, 0.4) is 0 Å². The number of carboxylic acid groups (broad SMARTS) is 1. The molecule has 32 heavy (non-hydrogen) atoms. The Bertz CT molecular complexity index is 1330. The summed E-state index contributed by atoms with van der Waals surface area (Å²) in [4.78, 5) is 41.4. The number of aromatic nitrogens is 2. The molecule has 1 atom stereocenters. The highest BCUT2D eigenvalue weighted by Gasteiger charge is 2.31. The molecule has 0 spiro atoms. The van der Waals surface area contributed by atoms with Crippen molar-refractivity contribution in [2.75, 3.05) is 5.32 Å². The molecule has 1 unspecified atom stereocenters. The van der Waals surface area contributed by atoms with Gasteiger partial charge in [0.05, 0.1) is 27.2 Å². The number of carboxylic acids is 1. The van der Waals surface area contributed by atoms with Gasteiger partial charge < -0.3 is 14.8 Å². The smallest absolute Gasteiger partial charge is 0.335 e. The van der Waals surface area contributed by atoms with Crippen molar-refractivity contribution in [1.29, 1.82) is 0 Å². The minimum Gasteiger partial charge on any atom is -0.478 e. The lowest BCUT2D eigenvalue weighted by Crippen LogP contribution is -2.30. The number of benzene rings is 1. The molecule has 0 aliphatic rings. The number of pyridine rings is 2. The third kappa shape index (κ3) is 4.08. The number of hydrogen-bond donors (Lipinski definition) is 2. The molecule has 0 aliphatic heterocycles. The van der Waals surface area contributed by atoms with E-state index in [2.05, 4.69) is 10.3 Å². The van der Waals surface area contributed by atoms with Gasteiger partial charge in [0.1, 0.15) is 0 Å². The molecule has 3 heterocycles. The topological polar surface area (TPSA) is 101 Å². The standard InChI is InChI=1S/C23H15Cl2N3O4/c24-16-11-26-12-17(25)20(16)27-22(30)21(29)19(13-4-6-14(7-5-13)23(31)32)18-9-8-15-3-1-2-10-28(15)18/h1-12,19H,(H,31,32)(H,26,27,30). The van der Waals surface area contributed by atoms with Gasteiger partial charge in [-0.2, -0.15) is 0 Å². The highest BCUT2D eigenvalue weighted by Crippen LogP contribution is 2.31. The van der Waals surface area contributed by atoms with E-state index < -0.39 is 23.6 Å². The van der Waals surface area contributed by atoms with Crippen molar-refractivity contribution in [1.82, 2.24) is 9.38 Å². The number of hydrogen-bond acceptors (Lipinski definition) is 4. The first kappa shape index (κ1) is 21.5. The van der Waals surface area contributed by atoms with Crippen LogP contribution in [-0.2, 0) is 9.59 Å². The molecular formula is C23H15Cl2N3O4. The molecule has 0 aliphatic carbocycles. The normalized spacial score (nSPS) is 11.8. The van der Waals surface area contributed by atoms with Crippen LogP contribution in [0.4, 0.5) is 5.69 Å². The maximum Gasteiger partial charge on any atom is 0.335 e. The van der Waals surface area contributed by atoms with E-state index in [0.29, 0.717) is 11.3 Å². The minimum atomic E-state index is -1.09. The highest BCUT2D eigenvalue weighted by atomic mass is 35.5. The molecule has 4 rings (SSSR count). The number of anilines is 1. The van der Waals surface area contributed by atoms with Crippen LogP contribution < -0.4 is 5.32 Å². The zero-order valence-electron chi connectivity index (χ0n) is 16.3. The Kier molecular flexibility index (Phi) is 5.94. The summed E-state index contributed by atoms with van der Waals surface area (Å²) in [7, 11) is 0. The summed E-state index contributed by atoms with van der Waals surface area (Å²) in [5.41, 5.74) is 2.01. The Labute approximate surface area is 192 Å². The molecule has 0 fully saturated rings. The van der Waals surface area contributed by atoms with Gasteiger partial charge in [-0.3, -0.25) is 14.6 Å². The summed E-state index contributed by atoms with van der Waals surface area (Å²) in [6.45, 7) is 0. The number of amides is 1. The van der Waals surface area contributed by atoms with Crippen LogP contribution in [0, 0.1) is 0 Å². The van der Waals surface area contributed by atoms with Gasteiger partial charge in [0.2, 0.25) is 5.78 Å². The summed E-state index contributed by atoms with van der Waals surface area (Å²) in [6, 6.07) is 14.9. The van der Waals surface area contributed by atoms with Crippen molar-refractivity contribution in [3.8, 4) is 0 Å². The summed E-state index contributed by atoms with van der Waals surface area (Å²) >= 11 is 12.1. The number of fused-ring (bicyclic) bond motifs is 1. The van der Waals surface area contributed by atoms with Crippen LogP contribution in [0.25, 0.3) is 5.52 Å². The number of halogens is 2. The number of carbonyl (C=O) groups is 3. The van der Waals surface area contributed by atoms with E-state index in [-0.39, 0.29) is 21.3 Å². The van der Waals surface area contributed by atoms with Crippen LogP contribution in [-0.4, -0.2) is 32.2 Å². The molecule has 160 valence electrons. The number of ketones is 1. The van der Waals surface area contributed by atoms with Crippen molar-refractivity contribution in [2.24, 2.45) is 0 Å². The first-order valence-electron chi connectivity index (χ1n) is 9.40. The average Bonchev–Trinajstić information content (AvgIpc) is 3.20. The maximum absolute atomic E-state index is 13.4. The molecule has 1 aromatic carbocycles. The van der Waals surface area contributed by atoms with Crippen molar-refractivity contribution in [3.63, 3.8) is 0 Å². The first-order chi connectivity index (χ1) is 15.4. The predicted octanol–water partition coefficient (Wildman–Crippen LogP) is 4.68. The molecule has 9 heteroatoms. The van der Waals surface area contributed by atoms with Gasteiger partial charge in [-0.1, -0.05) is 41.4 Å². The van der Waals surface area contributed by atoms with E-state index in [1.807, 2.05) is 24.3 Å². The van der Waals surface area contributed by atoms with E-state index in [1.54, 1.807) is 16.7 Å². The molecule has 4 aromatic rings. The molecule has 7 nitrogen and oxygen atoms in total. The van der Waals surface area contributed by atoms with Gasteiger partial charge in [0.15, 0.2) is 0 Å². The summed E-state index contributed by atoms with van der Waals surface area (Å²) < 4.78 is 1.80. The quantitative estimate of drug-likeness (QED) is 0.401. The number of carbonyl (C=O) groups excluding carboxylic acids is 2. The van der Waals surface area contributed by atoms with E-state index in [0.717, 1.165) is 5.52 Å². The molecule has 1 amide bonds. The molecular weight excluding hydrogens is 453 g/mol. The van der Waals surface area contributed by atoms with Gasteiger partial charge in [0, 0.05) is 29.8 Å². The molecule has 0 saturated heterocycles. The van der Waals surface area contributed by atoms with E-state index in [4.69, 9.17) is 23.2 Å². The highest BCUT2D eigenvalue weighted by molar-refractivity contribution is 6.46. The Morgan fingerprint density at radius 2 is 1.62 bits per heavy atom. The SMILES string of the molecule is O=C(Nc1c(Cl)cncc1Cl)C(=O)C(c1ccc(C(=O)O)cc1)c1ccc2ccccn12. The predicted molar refractivity (Wildman–Crippen MR) is 121 cm³/mol. The van der Waals surface area contributed by atoms with Crippen LogP contribution in [0.5, 0.6) is 0 Å². The Morgan fingerprint density at radius 3 is 2.28 bits per heavy atom. The fourth-order valence-electron chi connectivity index (χ4n) is 3.43. The maximum atomic E-state index is 13.4. The number of Topliss-reactive ketones (excluding diaryl/α,β-unsaturated/α-hetero) is 1. The summed E-state index contributed by atoms with van der Waals surface area (Å²) in [5, 5.41) is 11.8. The number of rotatable bonds is 6. The molecule has 2 N–H and O–H groups in total. The zero-order valence-corrected chi connectivity index (χ0v) is 17.8. The van der Waals surface area contributed by atoms with Crippen LogP contribution in [0.15, 0.2) is 73.2 Å². The van der Waals surface area contributed by atoms with E-state index >= 15 is 0 Å². The average molecular weight is 468 g/mol. The van der Waals surface area contributed by atoms with Crippen molar-refractivity contribution in [3.05, 3.63) is 100 Å².